The Hall–Kier alpha value is -4.08. The Kier molecular flexibility index (Phi) is 5.97. The molecule has 2 heterocycles. The number of hydrazine groups is 1. The molecule has 0 aliphatic carbocycles. The van der Waals surface area contributed by atoms with Crippen LogP contribution in [0.1, 0.15) is 5.56 Å². The van der Waals surface area contributed by atoms with Crippen LogP contribution in [-0.4, -0.2) is 35.0 Å². The molecule has 0 saturated carbocycles. The molecule has 156 valence electrons. The summed E-state index contributed by atoms with van der Waals surface area (Å²) >= 11 is 0. The third-order valence-corrected chi connectivity index (χ3v) is 4.70. The maximum absolute atomic E-state index is 12.0. The normalized spacial score (nSPS) is 16.0. The molecule has 9 heteroatoms. The van der Waals surface area contributed by atoms with E-state index in [1.165, 1.54) is 12.3 Å². The summed E-state index contributed by atoms with van der Waals surface area (Å²) in [5.74, 6) is -0.236. The fourth-order valence-corrected chi connectivity index (χ4v) is 3.27. The van der Waals surface area contributed by atoms with Gasteiger partial charge in [-0.15, -0.1) is 0 Å². The van der Waals surface area contributed by atoms with Crippen LogP contribution in [0.25, 0.3) is 5.57 Å². The second kappa shape index (κ2) is 9.16. The minimum atomic E-state index is -0.658. The van der Waals surface area contributed by atoms with Crippen LogP contribution in [0.4, 0.5) is 10.5 Å². The lowest BCUT2D eigenvalue weighted by atomic mass is 9.90. The van der Waals surface area contributed by atoms with Gasteiger partial charge in [0.1, 0.15) is 6.20 Å². The topological polar surface area (TPSA) is 109 Å². The lowest BCUT2D eigenvalue weighted by Crippen LogP contribution is -2.43. The molecule has 0 aromatic heterocycles. The Labute approximate surface area is 178 Å². The van der Waals surface area contributed by atoms with Crippen LogP contribution in [0.2, 0.25) is 0 Å². The van der Waals surface area contributed by atoms with Gasteiger partial charge in [0.2, 0.25) is 0 Å². The van der Waals surface area contributed by atoms with Crippen LogP contribution in [0.3, 0.4) is 0 Å². The SMILES string of the molecule is O=C(Nc1ccccc1)ONN1CC=C2C(=CN=C([N+](=O)[O-])C=C2c2ccccc2)C1. The van der Waals surface area contributed by atoms with E-state index < -0.39 is 11.0 Å². The largest absolute Gasteiger partial charge is 0.431 e. The van der Waals surface area contributed by atoms with E-state index in [1.54, 1.807) is 29.3 Å². The molecule has 0 atom stereocenters. The number of carbonyl (C=O) groups excluding carboxylic acids is 1. The van der Waals surface area contributed by atoms with E-state index in [4.69, 9.17) is 4.84 Å². The van der Waals surface area contributed by atoms with Gasteiger partial charge < -0.3 is 15.0 Å². The molecule has 0 unspecified atom stereocenters. The van der Waals surface area contributed by atoms with Gasteiger partial charge in [-0.2, -0.15) is 0 Å². The number of para-hydroxylation sites is 1. The first kappa shape index (κ1) is 20.2. The van der Waals surface area contributed by atoms with Crippen LogP contribution in [0.15, 0.2) is 95.2 Å². The van der Waals surface area contributed by atoms with Gasteiger partial charge in [-0.25, -0.2) is 9.80 Å². The fourth-order valence-electron chi connectivity index (χ4n) is 3.27. The minimum absolute atomic E-state index is 0.236. The third-order valence-electron chi connectivity index (χ3n) is 4.70. The number of nitrogens with zero attached hydrogens (tertiary/aromatic N) is 3. The van der Waals surface area contributed by atoms with Crippen molar-refractivity contribution in [2.24, 2.45) is 4.99 Å². The predicted octanol–water partition coefficient (Wildman–Crippen LogP) is 3.55. The van der Waals surface area contributed by atoms with Gasteiger partial charge in [0.25, 0.3) is 0 Å². The highest BCUT2D eigenvalue weighted by atomic mass is 16.7. The van der Waals surface area contributed by atoms with Crippen LogP contribution in [-0.2, 0) is 4.84 Å². The van der Waals surface area contributed by atoms with Crippen LogP contribution >= 0.6 is 0 Å². The molecule has 2 aliphatic rings. The number of benzene rings is 2. The monoisotopic (exact) mass is 417 g/mol. The Bertz CT molecular complexity index is 1110. The van der Waals surface area contributed by atoms with Crippen molar-refractivity contribution in [3.05, 3.63) is 106 Å². The summed E-state index contributed by atoms with van der Waals surface area (Å²) in [6.07, 6.45) is 4.22. The number of nitrogens with one attached hydrogen (secondary N) is 2. The number of anilines is 1. The van der Waals surface area contributed by atoms with E-state index in [-0.39, 0.29) is 5.84 Å². The van der Waals surface area contributed by atoms with Crippen molar-refractivity contribution in [3.8, 4) is 0 Å². The number of hydrogen-bond donors (Lipinski definition) is 2. The Balaban J connectivity index is 1.49. The highest BCUT2D eigenvalue weighted by Gasteiger charge is 2.26. The Morgan fingerprint density at radius 1 is 1.06 bits per heavy atom. The zero-order chi connectivity index (χ0) is 21.6. The number of fused-ring (bicyclic) bond motifs is 1. The van der Waals surface area contributed by atoms with E-state index in [9.17, 15) is 14.9 Å². The van der Waals surface area contributed by atoms with Crippen LogP contribution in [0.5, 0.6) is 0 Å². The Morgan fingerprint density at radius 2 is 1.77 bits per heavy atom. The molecule has 0 radical (unpaired) electrons. The van der Waals surface area contributed by atoms with Crippen molar-refractivity contribution in [1.82, 2.24) is 10.6 Å². The first-order chi connectivity index (χ1) is 15.1. The second-order valence-electron chi connectivity index (χ2n) is 6.79. The average molecular weight is 417 g/mol. The number of carbonyl (C=O) groups is 1. The number of amidine groups is 1. The van der Waals surface area contributed by atoms with Gasteiger partial charge in [-0.3, -0.25) is 5.32 Å². The van der Waals surface area contributed by atoms with E-state index >= 15 is 0 Å². The van der Waals surface area contributed by atoms with Gasteiger partial charge in [0, 0.05) is 30.4 Å². The zero-order valence-corrected chi connectivity index (χ0v) is 16.4. The molecule has 2 aromatic carbocycles. The molecule has 2 N–H and O–H groups in total. The summed E-state index contributed by atoms with van der Waals surface area (Å²) in [5, 5.41) is 15.6. The highest BCUT2D eigenvalue weighted by Crippen LogP contribution is 2.33. The molecular weight excluding hydrogens is 398 g/mol. The van der Waals surface area contributed by atoms with E-state index in [0.29, 0.717) is 18.8 Å². The number of hydrogen-bond acceptors (Lipinski definition) is 7. The third kappa shape index (κ3) is 4.92. The van der Waals surface area contributed by atoms with Gasteiger partial charge in [-0.05, 0) is 38.8 Å². The number of allylic oxidation sites excluding steroid dienone is 1. The van der Waals surface area contributed by atoms with Crippen molar-refractivity contribution < 1.29 is 14.6 Å². The molecule has 0 fully saturated rings. The summed E-state index contributed by atoms with van der Waals surface area (Å²) in [5.41, 5.74) is 6.43. The van der Waals surface area contributed by atoms with E-state index in [2.05, 4.69) is 15.9 Å². The van der Waals surface area contributed by atoms with Crippen molar-refractivity contribution in [1.29, 1.82) is 0 Å². The Morgan fingerprint density at radius 3 is 2.48 bits per heavy atom. The van der Waals surface area contributed by atoms with Gasteiger partial charge >= 0.3 is 11.9 Å². The molecule has 4 rings (SSSR count). The summed E-state index contributed by atoms with van der Waals surface area (Å²) in [4.78, 5) is 32.0. The molecule has 0 bridgehead atoms. The second-order valence-corrected chi connectivity index (χ2v) is 6.79. The van der Waals surface area contributed by atoms with Gasteiger partial charge in [0.15, 0.2) is 0 Å². The number of nitro groups is 1. The first-order valence-corrected chi connectivity index (χ1v) is 9.53. The molecule has 2 aliphatic heterocycles. The number of rotatable bonds is 4. The molecular formula is C22H19N5O4. The highest BCUT2D eigenvalue weighted by molar-refractivity contribution is 6.01. The maximum atomic E-state index is 12.0. The minimum Gasteiger partial charge on any atom is -0.358 e. The van der Waals surface area contributed by atoms with E-state index in [1.807, 2.05) is 42.5 Å². The van der Waals surface area contributed by atoms with Crippen LogP contribution in [0, 0.1) is 10.1 Å². The molecule has 0 spiro atoms. The summed E-state index contributed by atoms with van der Waals surface area (Å²) in [6.45, 7) is 0.756. The molecule has 9 nitrogen and oxygen atoms in total. The smallest absolute Gasteiger partial charge is 0.358 e. The average Bonchev–Trinajstić information content (AvgIpc) is 2.99. The first-order valence-electron chi connectivity index (χ1n) is 9.53. The zero-order valence-electron chi connectivity index (χ0n) is 16.4. The number of aliphatic imine (C=N–C) groups is 1. The van der Waals surface area contributed by atoms with Crippen molar-refractivity contribution in [2.75, 3.05) is 18.4 Å². The van der Waals surface area contributed by atoms with Crippen LogP contribution < -0.4 is 10.9 Å². The fraction of sp³-hybridized carbons (Fsp3) is 0.0909. The molecule has 2 aromatic rings. The van der Waals surface area contributed by atoms with Gasteiger partial charge in [0.05, 0.1) is 0 Å². The molecule has 1 amide bonds. The summed E-state index contributed by atoms with van der Waals surface area (Å²) in [7, 11) is 0. The number of amides is 1. The van der Waals surface area contributed by atoms with Crippen molar-refractivity contribution in [2.45, 2.75) is 0 Å². The summed E-state index contributed by atoms with van der Waals surface area (Å²) < 4.78 is 0. The standard InChI is InChI=1S/C22H19N5O4/c28-22(24-18-9-5-2-6-10-18)31-25-26-12-11-19-17(15-26)14-23-21(27(29)30)13-20(19)16-7-3-1-4-8-16/h1-11,13-14,25H,12,15H2,(H,24,28). The quantitative estimate of drug-likeness (QED) is 0.582. The van der Waals surface area contributed by atoms with Gasteiger partial charge in [-0.1, -0.05) is 60.2 Å². The molecule has 0 saturated heterocycles. The lowest BCUT2D eigenvalue weighted by molar-refractivity contribution is -0.348. The lowest BCUT2D eigenvalue weighted by Gasteiger charge is -2.27. The predicted molar refractivity (Wildman–Crippen MR) is 116 cm³/mol. The molecule has 31 heavy (non-hydrogen) atoms. The maximum Gasteiger partial charge on any atom is 0.431 e. The summed E-state index contributed by atoms with van der Waals surface area (Å²) in [6, 6.07) is 18.4. The van der Waals surface area contributed by atoms with Crippen molar-refractivity contribution >= 4 is 23.2 Å². The van der Waals surface area contributed by atoms with E-state index in [0.717, 1.165) is 22.3 Å². The van der Waals surface area contributed by atoms with Crippen molar-refractivity contribution in [3.63, 3.8) is 0 Å².